The molecule has 0 aliphatic heterocycles. The Hall–Kier alpha value is -1.74. The van der Waals surface area contributed by atoms with Crippen LogP contribution in [0.5, 0.6) is 0 Å². The quantitative estimate of drug-likeness (QED) is 0.423. The molecule has 0 fully saturated rings. The van der Waals surface area contributed by atoms with Crippen LogP contribution in [-0.2, 0) is 10.0 Å². The summed E-state index contributed by atoms with van der Waals surface area (Å²) >= 11 is 0. The van der Waals surface area contributed by atoms with Gasteiger partial charge in [-0.05, 0) is 6.42 Å². The molecule has 3 N–H and O–H groups in total. The highest BCUT2D eigenvalue weighted by Crippen LogP contribution is 2.13. The molecule has 0 spiro atoms. The molecule has 0 saturated heterocycles. The third-order valence-electron chi connectivity index (χ3n) is 1.87. The molecule has 0 radical (unpaired) electrons. The molecule has 0 amide bonds. The van der Waals surface area contributed by atoms with Crippen molar-refractivity contribution >= 4 is 21.5 Å². The number of aromatic nitrogens is 1. The van der Waals surface area contributed by atoms with Gasteiger partial charge in [0.05, 0.1) is 16.7 Å². The first-order valence-electron chi connectivity index (χ1n) is 4.73. The Kier molecular flexibility index (Phi) is 4.35. The highest BCUT2D eigenvalue weighted by molar-refractivity contribution is 7.89. The second kappa shape index (κ2) is 5.55. The van der Waals surface area contributed by atoms with Crippen LogP contribution in [0.4, 0.5) is 11.5 Å². The molecule has 0 unspecified atom stereocenters. The van der Waals surface area contributed by atoms with E-state index in [1.54, 1.807) is 0 Å². The minimum absolute atomic E-state index is 0.0750. The number of hydrogen-bond acceptors (Lipinski definition) is 6. The number of nitrogens with two attached hydrogens (primary N) is 1. The van der Waals surface area contributed by atoms with E-state index in [0.29, 0.717) is 18.8 Å². The van der Waals surface area contributed by atoms with E-state index in [-0.39, 0.29) is 11.4 Å². The minimum atomic E-state index is -3.47. The van der Waals surface area contributed by atoms with E-state index in [0.717, 1.165) is 0 Å². The number of rotatable bonds is 6. The Morgan fingerprint density at radius 3 is 2.82 bits per heavy atom. The summed E-state index contributed by atoms with van der Waals surface area (Å²) < 4.78 is 21.3. The Labute approximate surface area is 98.0 Å². The number of nitrogens with zero attached hydrogens (tertiary/aromatic N) is 2. The monoisotopic (exact) mass is 260 g/mol. The Bertz CT molecular complexity index is 502. The lowest BCUT2D eigenvalue weighted by Crippen LogP contribution is -2.18. The Morgan fingerprint density at radius 2 is 2.24 bits per heavy atom. The van der Waals surface area contributed by atoms with Gasteiger partial charge in [0.2, 0.25) is 10.0 Å². The van der Waals surface area contributed by atoms with Crippen LogP contribution in [0.25, 0.3) is 0 Å². The zero-order valence-corrected chi connectivity index (χ0v) is 9.68. The number of hydrogen-bond donors (Lipinski definition) is 2. The fraction of sp³-hybridized carbons (Fsp3) is 0.375. The molecule has 94 valence electrons. The van der Waals surface area contributed by atoms with Gasteiger partial charge >= 0.3 is 0 Å². The largest absolute Gasteiger partial charge is 0.370 e. The molecule has 0 aliphatic carbocycles. The summed E-state index contributed by atoms with van der Waals surface area (Å²) in [4.78, 5) is 13.8. The Balaban J connectivity index is 2.47. The van der Waals surface area contributed by atoms with Crippen molar-refractivity contribution in [1.82, 2.24) is 4.98 Å². The maximum Gasteiger partial charge on any atom is 0.274 e. The van der Waals surface area contributed by atoms with Gasteiger partial charge in [0.1, 0.15) is 5.82 Å². The lowest BCUT2D eigenvalue weighted by Gasteiger charge is -2.04. The summed E-state index contributed by atoms with van der Waals surface area (Å²) in [5.74, 6) is 0.184. The predicted molar refractivity (Wildman–Crippen MR) is 62.0 cm³/mol. The fourth-order valence-electron chi connectivity index (χ4n) is 1.12. The van der Waals surface area contributed by atoms with Crippen molar-refractivity contribution in [1.29, 1.82) is 0 Å². The molecule has 0 aliphatic rings. The van der Waals surface area contributed by atoms with Crippen LogP contribution in [0.3, 0.4) is 0 Å². The van der Waals surface area contributed by atoms with E-state index in [1.807, 2.05) is 0 Å². The van der Waals surface area contributed by atoms with Crippen molar-refractivity contribution in [2.45, 2.75) is 6.42 Å². The first-order chi connectivity index (χ1) is 7.88. The lowest BCUT2D eigenvalue weighted by atomic mass is 10.4. The van der Waals surface area contributed by atoms with Gasteiger partial charge < -0.3 is 5.32 Å². The van der Waals surface area contributed by atoms with Crippen LogP contribution in [-0.4, -0.2) is 30.6 Å². The van der Waals surface area contributed by atoms with Crippen LogP contribution in [0.2, 0.25) is 0 Å². The van der Waals surface area contributed by atoms with Gasteiger partial charge in [0.15, 0.2) is 0 Å². The zero-order valence-electron chi connectivity index (χ0n) is 8.87. The van der Waals surface area contributed by atoms with Crippen LogP contribution in [0, 0.1) is 10.1 Å². The molecule has 0 atom stereocenters. The van der Waals surface area contributed by atoms with Crippen LogP contribution >= 0.6 is 0 Å². The first kappa shape index (κ1) is 13.3. The van der Waals surface area contributed by atoms with Crippen molar-refractivity contribution < 1.29 is 13.3 Å². The number of sulfonamides is 1. The summed E-state index contributed by atoms with van der Waals surface area (Å²) in [6.07, 6.45) is 1.61. The molecule has 9 heteroatoms. The van der Waals surface area contributed by atoms with Crippen molar-refractivity contribution in [3.63, 3.8) is 0 Å². The van der Waals surface area contributed by atoms with E-state index in [9.17, 15) is 18.5 Å². The molecule has 0 aromatic carbocycles. The summed E-state index contributed by atoms with van der Waals surface area (Å²) in [5.41, 5.74) is -0.0750. The maximum absolute atomic E-state index is 10.6. The average molecular weight is 260 g/mol. The second-order valence-electron chi connectivity index (χ2n) is 3.30. The standard InChI is InChI=1S/C8H12N4O4S/c9-17(15,16)5-1-3-10-8-6-7(12(13)14)2-4-11-8/h2,4,6H,1,3,5H2,(H,10,11)(H2,9,15,16). The van der Waals surface area contributed by atoms with Crippen molar-refractivity contribution in [3.05, 3.63) is 28.4 Å². The second-order valence-corrected chi connectivity index (χ2v) is 5.04. The normalized spacial score (nSPS) is 11.1. The van der Waals surface area contributed by atoms with Crippen molar-refractivity contribution in [2.75, 3.05) is 17.6 Å². The van der Waals surface area contributed by atoms with Crippen LogP contribution in [0.15, 0.2) is 18.3 Å². The fourth-order valence-corrected chi connectivity index (χ4v) is 1.67. The molecular weight excluding hydrogens is 248 g/mol. The number of primary sulfonamides is 1. The number of pyridine rings is 1. The smallest absolute Gasteiger partial charge is 0.274 e. The molecule has 1 aromatic rings. The first-order valence-corrected chi connectivity index (χ1v) is 6.45. The highest BCUT2D eigenvalue weighted by atomic mass is 32.2. The predicted octanol–water partition coefficient (Wildman–Crippen LogP) is 0.0803. The van der Waals surface area contributed by atoms with Gasteiger partial charge in [-0.1, -0.05) is 0 Å². The number of nitro groups is 1. The van der Waals surface area contributed by atoms with Crippen molar-refractivity contribution in [2.24, 2.45) is 5.14 Å². The van der Waals surface area contributed by atoms with Gasteiger partial charge in [-0.2, -0.15) is 0 Å². The number of anilines is 1. The van der Waals surface area contributed by atoms with E-state index >= 15 is 0 Å². The SMILES string of the molecule is NS(=O)(=O)CCCNc1cc([N+](=O)[O-])ccn1. The lowest BCUT2D eigenvalue weighted by molar-refractivity contribution is -0.384. The van der Waals surface area contributed by atoms with Crippen molar-refractivity contribution in [3.8, 4) is 0 Å². The van der Waals surface area contributed by atoms with Crippen LogP contribution in [0.1, 0.15) is 6.42 Å². The molecule has 8 nitrogen and oxygen atoms in total. The summed E-state index contributed by atoms with van der Waals surface area (Å²) in [6, 6.07) is 2.55. The van der Waals surface area contributed by atoms with E-state index < -0.39 is 14.9 Å². The average Bonchev–Trinajstić information content (AvgIpc) is 2.23. The zero-order chi connectivity index (χ0) is 12.9. The van der Waals surface area contributed by atoms with E-state index in [2.05, 4.69) is 10.3 Å². The summed E-state index contributed by atoms with van der Waals surface area (Å²) in [7, 11) is -3.47. The van der Waals surface area contributed by atoms with Gasteiger partial charge in [-0.25, -0.2) is 18.5 Å². The molecule has 1 aromatic heterocycles. The number of nitrogens with one attached hydrogen (secondary N) is 1. The molecule has 17 heavy (non-hydrogen) atoms. The summed E-state index contributed by atoms with van der Waals surface area (Å²) in [5, 5.41) is 18.1. The third-order valence-corrected chi connectivity index (χ3v) is 2.72. The molecular formula is C8H12N4O4S. The topological polar surface area (TPSA) is 128 Å². The van der Waals surface area contributed by atoms with Crippen LogP contribution < -0.4 is 10.5 Å². The highest BCUT2D eigenvalue weighted by Gasteiger charge is 2.06. The molecule has 0 saturated carbocycles. The summed E-state index contributed by atoms with van der Waals surface area (Å²) in [6.45, 7) is 0.324. The van der Waals surface area contributed by atoms with Gasteiger partial charge in [0.25, 0.3) is 5.69 Å². The Morgan fingerprint density at radius 1 is 1.53 bits per heavy atom. The molecule has 0 bridgehead atoms. The van der Waals surface area contributed by atoms with Gasteiger partial charge in [-0.3, -0.25) is 10.1 Å². The van der Waals surface area contributed by atoms with Gasteiger partial charge in [-0.15, -0.1) is 0 Å². The minimum Gasteiger partial charge on any atom is -0.370 e. The van der Waals surface area contributed by atoms with E-state index in [1.165, 1.54) is 18.3 Å². The molecule has 1 heterocycles. The maximum atomic E-state index is 10.6. The van der Waals surface area contributed by atoms with E-state index in [4.69, 9.17) is 5.14 Å². The van der Waals surface area contributed by atoms with Gasteiger partial charge in [0, 0.05) is 18.8 Å². The third kappa shape index (κ3) is 5.22. The molecule has 1 rings (SSSR count).